The summed E-state index contributed by atoms with van der Waals surface area (Å²) < 4.78 is 1.85. The van der Waals surface area contributed by atoms with E-state index in [1.807, 2.05) is 47.0 Å². The van der Waals surface area contributed by atoms with Gasteiger partial charge in [0.15, 0.2) is 0 Å². The molecule has 2 aromatic rings. The van der Waals surface area contributed by atoms with Gasteiger partial charge < -0.3 is 9.74 Å². The van der Waals surface area contributed by atoms with Crippen LogP contribution in [0.2, 0.25) is 5.02 Å². The fourth-order valence-electron chi connectivity index (χ4n) is 3.74. The number of nitrogens with zero attached hydrogens (tertiary/aromatic N) is 5. The van der Waals surface area contributed by atoms with Gasteiger partial charge in [0, 0.05) is 42.8 Å². The lowest BCUT2D eigenvalue weighted by atomic mass is 9.91. The van der Waals surface area contributed by atoms with Crippen LogP contribution in [0.4, 0.5) is 0 Å². The van der Waals surface area contributed by atoms with Gasteiger partial charge in [-0.15, -0.1) is 5.10 Å². The van der Waals surface area contributed by atoms with Crippen LogP contribution in [0.1, 0.15) is 31.7 Å². The maximum absolute atomic E-state index is 13.1. The van der Waals surface area contributed by atoms with Crippen molar-refractivity contribution in [3.8, 4) is 0 Å². The van der Waals surface area contributed by atoms with Crippen LogP contribution in [-0.2, 0) is 16.2 Å². The predicted octanol–water partition coefficient (Wildman–Crippen LogP) is 2.75. The highest BCUT2D eigenvalue weighted by Gasteiger charge is 2.45. The average molecular weight is 388 g/mol. The van der Waals surface area contributed by atoms with Crippen molar-refractivity contribution in [2.24, 2.45) is 11.1 Å². The van der Waals surface area contributed by atoms with Crippen molar-refractivity contribution in [2.75, 3.05) is 13.1 Å². The van der Waals surface area contributed by atoms with E-state index in [0.717, 1.165) is 43.8 Å². The Morgan fingerprint density at radius 3 is 2.81 bits per heavy atom. The van der Waals surface area contributed by atoms with E-state index in [1.54, 1.807) is 6.20 Å². The molecule has 27 heavy (non-hydrogen) atoms. The summed E-state index contributed by atoms with van der Waals surface area (Å²) in [6.07, 6.45) is 5.88. The van der Waals surface area contributed by atoms with E-state index in [9.17, 15) is 4.79 Å². The molecule has 1 atom stereocenters. The number of benzene rings is 1. The second-order valence-corrected chi connectivity index (χ2v) is 7.78. The number of hydrogen-bond acceptors (Lipinski definition) is 5. The van der Waals surface area contributed by atoms with E-state index in [2.05, 4.69) is 15.5 Å². The fraction of sp³-hybridized carbons (Fsp3) is 0.474. The second-order valence-electron chi connectivity index (χ2n) is 7.38. The molecule has 0 N–H and O–H groups in total. The number of rotatable bonds is 4. The lowest BCUT2D eigenvalue weighted by Crippen LogP contribution is -2.50. The zero-order valence-electron chi connectivity index (χ0n) is 15.2. The van der Waals surface area contributed by atoms with E-state index >= 15 is 0 Å². The molecule has 0 bridgehead atoms. The maximum atomic E-state index is 13.1. The lowest BCUT2D eigenvalue weighted by Gasteiger charge is -2.35. The molecule has 142 valence electrons. The van der Waals surface area contributed by atoms with Crippen molar-refractivity contribution in [1.82, 2.24) is 19.9 Å². The molecular formula is C19H22ClN5O2. The summed E-state index contributed by atoms with van der Waals surface area (Å²) in [5.41, 5.74) is 0.576. The van der Waals surface area contributed by atoms with Gasteiger partial charge in [0.1, 0.15) is 0 Å². The topological polar surface area (TPSA) is 72.6 Å². The molecule has 4 rings (SSSR count). The molecule has 3 heterocycles. The molecule has 8 heteroatoms. The summed E-state index contributed by atoms with van der Waals surface area (Å²) in [5.74, 6) is 0.496. The van der Waals surface area contributed by atoms with Crippen molar-refractivity contribution in [1.29, 1.82) is 0 Å². The molecular weight excluding hydrogens is 366 g/mol. The molecule has 0 spiro atoms. The van der Waals surface area contributed by atoms with Gasteiger partial charge in [-0.25, -0.2) is 0 Å². The van der Waals surface area contributed by atoms with Crippen molar-refractivity contribution < 1.29 is 9.63 Å². The number of likely N-dealkylation sites (tertiary alicyclic amines) is 1. The SMILES string of the molecule is C[C@]1(C(=O)N2CCC(Cn3ccnn3)CC2)CC(c2ccccc2Cl)=NO1. The second kappa shape index (κ2) is 7.31. The minimum Gasteiger partial charge on any atom is -0.379 e. The number of aromatic nitrogens is 3. The van der Waals surface area contributed by atoms with E-state index in [4.69, 9.17) is 16.4 Å². The first kappa shape index (κ1) is 18.0. The Morgan fingerprint density at radius 1 is 1.33 bits per heavy atom. The molecule has 0 unspecified atom stereocenters. The number of oxime groups is 1. The Kier molecular flexibility index (Phi) is 4.86. The molecule has 1 aromatic heterocycles. The number of amides is 1. The molecule has 2 aliphatic rings. The third-order valence-corrected chi connectivity index (χ3v) is 5.65. The van der Waals surface area contributed by atoms with Crippen LogP contribution in [0, 0.1) is 5.92 Å². The van der Waals surface area contributed by atoms with E-state index in [0.29, 0.717) is 17.4 Å². The first-order chi connectivity index (χ1) is 13.0. The normalized spacial score (nSPS) is 23.2. The molecule has 7 nitrogen and oxygen atoms in total. The average Bonchev–Trinajstić information content (AvgIpc) is 3.33. The maximum Gasteiger partial charge on any atom is 0.269 e. The van der Waals surface area contributed by atoms with Crippen LogP contribution in [0.5, 0.6) is 0 Å². The first-order valence-electron chi connectivity index (χ1n) is 9.18. The summed E-state index contributed by atoms with van der Waals surface area (Å²) in [7, 11) is 0. The molecule has 1 saturated heterocycles. The summed E-state index contributed by atoms with van der Waals surface area (Å²) in [6, 6.07) is 7.49. The molecule has 0 aliphatic carbocycles. The first-order valence-corrected chi connectivity index (χ1v) is 9.56. The summed E-state index contributed by atoms with van der Waals surface area (Å²) >= 11 is 6.26. The minimum absolute atomic E-state index is 0.00694. The Hall–Kier alpha value is -2.41. The van der Waals surface area contributed by atoms with Crippen LogP contribution in [-0.4, -0.2) is 50.2 Å². The van der Waals surface area contributed by atoms with Gasteiger partial charge in [0.25, 0.3) is 5.91 Å². The fourth-order valence-corrected chi connectivity index (χ4v) is 3.99. The zero-order valence-corrected chi connectivity index (χ0v) is 16.0. The quantitative estimate of drug-likeness (QED) is 0.808. The molecule has 1 aromatic carbocycles. The van der Waals surface area contributed by atoms with Gasteiger partial charge in [0.2, 0.25) is 5.60 Å². The smallest absolute Gasteiger partial charge is 0.269 e. The minimum atomic E-state index is -0.965. The van der Waals surface area contributed by atoms with Crippen molar-refractivity contribution in [2.45, 2.75) is 38.3 Å². The molecule has 1 fully saturated rings. The summed E-state index contributed by atoms with van der Waals surface area (Å²) in [6.45, 7) is 4.09. The number of carbonyl (C=O) groups excluding carboxylic acids is 1. The monoisotopic (exact) mass is 387 g/mol. The standard InChI is InChI=1S/C19H22ClN5O2/c1-19(12-17(22-27-19)15-4-2-3-5-16(15)20)18(26)24-9-6-14(7-10-24)13-25-11-8-21-23-25/h2-5,8,11,14H,6-7,9-10,12-13H2,1H3/t19-/m1/s1. The van der Waals surface area contributed by atoms with E-state index in [1.165, 1.54) is 0 Å². The van der Waals surface area contributed by atoms with Crippen molar-refractivity contribution >= 4 is 23.2 Å². The Morgan fingerprint density at radius 2 is 2.11 bits per heavy atom. The Balaban J connectivity index is 1.36. The highest BCUT2D eigenvalue weighted by atomic mass is 35.5. The largest absolute Gasteiger partial charge is 0.379 e. The van der Waals surface area contributed by atoms with Crippen LogP contribution in [0.25, 0.3) is 0 Å². The lowest BCUT2D eigenvalue weighted by molar-refractivity contribution is -0.154. The Bertz CT molecular complexity index is 846. The van der Waals surface area contributed by atoms with Gasteiger partial charge >= 0.3 is 0 Å². The number of halogens is 1. The van der Waals surface area contributed by atoms with Crippen molar-refractivity contribution in [3.05, 3.63) is 47.2 Å². The van der Waals surface area contributed by atoms with E-state index < -0.39 is 5.60 Å². The molecule has 0 saturated carbocycles. The molecule has 2 aliphatic heterocycles. The van der Waals surface area contributed by atoms with Gasteiger partial charge in [-0.1, -0.05) is 40.2 Å². The van der Waals surface area contributed by atoms with Gasteiger partial charge in [-0.2, -0.15) is 0 Å². The van der Waals surface area contributed by atoms with Crippen LogP contribution in [0.15, 0.2) is 41.8 Å². The van der Waals surface area contributed by atoms with Crippen LogP contribution < -0.4 is 0 Å². The van der Waals surface area contributed by atoms with E-state index in [-0.39, 0.29) is 5.91 Å². The number of hydrogen-bond donors (Lipinski definition) is 0. The van der Waals surface area contributed by atoms with Crippen LogP contribution in [0.3, 0.4) is 0 Å². The van der Waals surface area contributed by atoms with Gasteiger partial charge in [-0.3, -0.25) is 9.48 Å². The number of piperidine rings is 1. The summed E-state index contributed by atoms with van der Waals surface area (Å²) in [4.78, 5) is 20.6. The van der Waals surface area contributed by atoms with Crippen LogP contribution >= 0.6 is 11.6 Å². The third-order valence-electron chi connectivity index (χ3n) is 5.32. The molecule has 1 amide bonds. The van der Waals surface area contributed by atoms with Gasteiger partial charge in [-0.05, 0) is 31.7 Å². The predicted molar refractivity (Wildman–Crippen MR) is 101 cm³/mol. The van der Waals surface area contributed by atoms with Crippen molar-refractivity contribution in [3.63, 3.8) is 0 Å². The zero-order chi connectivity index (χ0) is 18.9. The number of carbonyl (C=O) groups is 1. The van der Waals surface area contributed by atoms with Gasteiger partial charge in [0.05, 0.1) is 11.9 Å². The third kappa shape index (κ3) is 3.69. The Labute approximate surface area is 162 Å². The highest BCUT2D eigenvalue weighted by Crippen LogP contribution is 2.32. The molecule has 0 radical (unpaired) electrons. The highest BCUT2D eigenvalue weighted by molar-refractivity contribution is 6.34. The summed E-state index contributed by atoms with van der Waals surface area (Å²) in [5, 5.41) is 12.6.